The average Bonchev–Trinajstić information content (AvgIpc) is 3.85. The van der Waals surface area contributed by atoms with Gasteiger partial charge in [0.25, 0.3) is 0 Å². The number of fused-ring (bicyclic) bond motifs is 10. The molecule has 1 amide bonds. The number of halogens is 1. The van der Waals surface area contributed by atoms with Crippen LogP contribution in [0.1, 0.15) is 210 Å². The Kier molecular flexibility index (Phi) is 20.2. The van der Waals surface area contributed by atoms with Gasteiger partial charge in [-0.25, -0.2) is 9.59 Å². The van der Waals surface area contributed by atoms with Crippen molar-refractivity contribution in [2.45, 2.75) is 223 Å². The highest BCUT2D eigenvalue weighted by Gasteiger charge is 2.61. The standard InChI is InChI=1S/C30H52N2O2.C28H45ClO2.C2H8N2/c1-20(2)7-6-8-21(3)25-11-12-26-24-10-9-22-19-23(34-28(33)32-18-17-31)13-15-29(22,4)27(24)14-16-30(25,26)5;1-18(2)7-6-8-19(3)23-11-12-24-22-10-9-20-17-21(31-26(29)30)13-15-27(20,4)25(22)14-16-28(23,24)5;3-1-2-4/h9,20-21,23-27H,6-8,10-19,31H2,1-5H3,(H,32,33);9,18-19,21-25H,6-8,10-17H2,1-5H3;1-4H2. The van der Waals surface area contributed by atoms with Crippen LogP contribution in [0, 0.1) is 92.7 Å². The fourth-order valence-corrected chi connectivity index (χ4v) is 18.1. The molecule has 0 aromatic carbocycles. The maximum Gasteiger partial charge on any atom is 0.407 e. The summed E-state index contributed by atoms with van der Waals surface area (Å²) in [5.41, 5.74) is 19.5. The highest BCUT2D eigenvalue weighted by atomic mass is 35.5. The number of carbonyl (C=O) groups excluding carboxylic acids is 2. The Bertz CT molecular complexity index is 1730. The summed E-state index contributed by atoms with van der Waals surface area (Å²) >= 11 is 5.51. The summed E-state index contributed by atoms with van der Waals surface area (Å²) in [6, 6.07) is 0. The minimum absolute atomic E-state index is 0.0164. The van der Waals surface area contributed by atoms with E-state index in [0.29, 0.717) is 47.8 Å². The number of hydrogen-bond acceptors (Lipinski definition) is 7. The average molecular weight is 982 g/mol. The van der Waals surface area contributed by atoms with Crippen molar-refractivity contribution in [3.63, 3.8) is 0 Å². The van der Waals surface area contributed by atoms with Crippen LogP contribution in [-0.2, 0) is 9.47 Å². The van der Waals surface area contributed by atoms with Crippen molar-refractivity contribution >= 4 is 23.1 Å². The Morgan fingerprint density at radius 3 is 1.42 bits per heavy atom. The van der Waals surface area contributed by atoms with Crippen molar-refractivity contribution in [3.05, 3.63) is 23.3 Å². The molecule has 16 atom stereocenters. The number of nitrogens with two attached hydrogens (primary N) is 3. The lowest BCUT2D eigenvalue weighted by atomic mass is 9.47. The summed E-state index contributed by atoms with van der Waals surface area (Å²) < 4.78 is 11.1. The molecule has 0 aromatic rings. The molecule has 0 radical (unpaired) electrons. The molecule has 16 unspecified atom stereocenters. The molecule has 0 aromatic heterocycles. The number of hydrogen-bond donors (Lipinski definition) is 4. The minimum Gasteiger partial charge on any atom is -0.450 e. The van der Waals surface area contributed by atoms with Gasteiger partial charge in [0, 0.05) is 50.6 Å². The molecule has 0 saturated heterocycles. The van der Waals surface area contributed by atoms with Gasteiger partial charge in [-0.05, 0) is 183 Å². The van der Waals surface area contributed by atoms with E-state index in [4.69, 9.17) is 38.3 Å². The van der Waals surface area contributed by atoms with E-state index in [9.17, 15) is 9.59 Å². The lowest BCUT2D eigenvalue weighted by Crippen LogP contribution is -2.51. The molecule has 7 N–H and O–H groups in total. The number of allylic oxidation sites excluding steroid dienone is 2. The van der Waals surface area contributed by atoms with Crippen LogP contribution in [0.15, 0.2) is 23.3 Å². The first-order chi connectivity index (χ1) is 32.7. The molecule has 69 heavy (non-hydrogen) atoms. The van der Waals surface area contributed by atoms with E-state index in [1.807, 2.05) is 0 Å². The number of amides is 1. The maximum absolute atomic E-state index is 12.1. The van der Waals surface area contributed by atoms with Crippen molar-refractivity contribution in [1.82, 2.24) is 5.32 Å². The van der Waals surface area contributed by atoms with Crippen molar-refractivity contribution in [2.24, 2.45) is 110 Å². The van der Waals surface area contributed by atoms with Crippen LogP contribution in [-0.4, -0.2) is 49.9 Å². The van der Waals surface area contributed by atoms with Crippen molar-refractivity contribution in [1.29, 1.82) is 0 Å². The largest absolute Gasteiger partial charge is 0.450 e. The van der Waals surface area contributed by atoms with Crippen molar-refractivity contribution in [2.75, 3.05) is 26.2 Å². The molecule has 0 bridgehead atoms. The van der Waals surface area contributed by atoms with E-state index >= 15 is 0 Å². The first-order valence-corrected chi connectivity index (χ1v) is 29.4. The Hall–Kier alpha value is -1.61. The molecule has 8 aliphatic rings. The molecule has 9 heteroatoms. The molecule has 8 aliphatic carbocycles. The summed E-state index contributed by atoms with van der Waals surface area (Å²) in [5.74, 6) is 10.4. The monoisotopic (exact) mass is 981 g/mol. The van der Waals surface area contributed by atoms with Crippen LogP contribution >= 0.6 is 11.6 Å². The summed E-state index contributed by atoms with van der Waals surface area (Å²) in [6.07, 6.45) is 33.2. The lowest BCUT2D eigenvalue weighted by molar-refractivity contribution is -0.0581. The van der Waals surface area contributed by atoms with E-state index in [2.05, 4.69) is 86.7 Å². The Morgan fingerprint density at radius 1 is 0.594 bits per heavy atom. The van der Waals surface area contributed by atoms with Gasteiger partial charge in [0.05, 0.1) is 0 Å². The van der Waals surface area contributed by atoms with E-state index in [-0.39, 0.29) is 18.3 Å². The number of alkyl carbamates (subject to hydrolysis) is 1. The number of carbonyl (C=O) groups is 2. The van der Waals surface area contributed by atoms with Crippen LogP contribution in [0.3, 0.4) is 0 Å². The SMILES string of the molecule is CC(C)CCCC(C)C1CCC2C3CC=C4CC(OC(=O)Cl)CCC4(C)C3CCC12C.CC(C)CCCC(C)C1CCC2C3CC=C4CC(OC(=O)NCCN)CCC4(C)C3CCC12C.NCCN. The second kappa shape index (κ2) is 24.6. The van der Waals surface area contributed by atoms with E-state index in [0.717, 1.165) is 110 Å². The van der Waals surface area contributed by atoms with Gasteiger partial charge >= 0.3 is 11.5 Å². The van der Waals surface area contributed by atoms with Crippen molar-refractivity contribution < 1.29 is 19.1 Å². The maximum atomic E-state index is 12.1. The van der Waals surface area contributed by atoms with Gasteiger partial charge in [0.1, 0.15) is 12.2 Å². The molecule has 8 nitrogen and oxygen atoms in total. The van der Waals surface area contributed by atoms with Crippen LogP contribution in [0.2, 0.25) is 0 Å². The van der Waals surface area contributed by atoms with E-state index in [1.54, 1.807) is 11.1 Å². The fraction of sp³-hybridized carbons (Fsp3) is 0.900. The zero-order chi connectivity index (χ0) is 50.3. The third-order valence-electron chi connectivity index (χ3n) is 21.6. The Morgan fingerprint density at radius 2 is 1.03 bits per heavy atom. The van der Waals surface area contributed by atoms with Gasteiger partial charge < -0.3 is 32.0 Å². The molecule has 6 fully saturated rings. The fourth-order valence-electron chi connectivity index (χ4n) is 18.0. The Labute approximate surface area is 427 Å². The molecule has 0 spiro atoms. The first-order valence-electron chi connectivity index (χ1n) is 29.0. The summed E-state index contributed by atoms with van der Waals surface area (Å²) in [6.45, 7) is 27.1. The smallest absolute Gasteiger partial charge is 0.407 e. The third-order valence-corrected chi connectivity index (χ3v) is 21.7. The van der Waals surface area contributed by atoms with Crippen molar-refractivity contribution in [3.8, 4) is 0 Å². The molecule has 396 valence electrons. The van der Waals surface area contributed by atoms with E-state index in [1.165, 1.54) is 103 Å². The number of nitrogens with one attached hydrogen (secondary N) is 1. The zero-order valence-electron chi connectivity index (χ0n) is 45.9. The predicted octanol–water partition coefficient (Wildman–Crippen LogP) is 14.8. The topological polar surface area (TPSA) is 143 Å². The van der Waals surface area contributed by atoms with E-state index < -0.39 is 5.43 Å². The van der Waals surface area contributed by atoms with Gasteiger partial charge in [-0.1, -0.05) is 131 Å². The molecule has 8 rings (SSSR count). The normalized spacial score (nSPS) is 39.5. The highest BCUT2D eigenvalue weighted by molar-refractivity contribution is 6.61. The zero-order valence-corrected chi connectivity index (χ0v) is 46.6. The minimum atomic E-state index is -0.643. The first kappa shape index (κ1) is 56.7. The highest BCUT2D eigenvalue weighted by Crippen LogP contribution is 2.69. The quantitative estimate of drug-likeness (QED) is 0.0945. The van der Waals surface area contributed by atoms with Gasteiger partial charge in [-0.15, -0.1) is 0 Å². The summed E-state index contributed by atoms with van der Waals surface area (Å²) in [4.78, 5) is 23.3. The predicted molar refractivity (Wildman–Crippen MR) is 288 cm³/mol. The van der Waals surface area contributed by atoms with Gasteiger partial charge in [0.2, 0.25) is 0 Å². The second-order valence-electron chi connectivity index (χ2n) is 26.4. The molecule has 6 saturated carbocycles. The Balaban J connectivity index is 0.000000211. The van der Waals surface area contributed by atoms with Crippen LogP contribution in [0.5, 0.6) is 0 Å². The molecule has 0 aliphatic heterocycles. The third kappa shape index (κ3) is 12.7. The number of rotatable bonds is 15. The van der Waals surface area contributed by atoms with Gasteiger partial charge in [-0.2, -0.15) is 0 Å². The second-order valence-corrected chi connectivity index (χ2v) is 26.7. The summed E-state index contributed by atoms with van der Waals surface area (Å²) in [5, 5.41) is 2.76. The van der Waals surface area contributed by atoms with Crippen LogP contribution < -0.4 is 22.5 Å². The van der Waals surface area contributed by atoms with Crippen LogP contribution in [0.4, 0.5) is 9.59 Å². The summed E-state index contributed by atoms with van der Waals surface area (Å²) in [7, 11) is 0. The molecular formula is C60H105ClN4O4. The lowest BCUT2D eigenvalue weighted by Gasteiger charge is -2.58. The molecule has 0 heterocycles. The van der Waals surface area contributed by atoms with Gasteiger partial charge in [0.15, 0.2) is 0 Å². The van der Waals surface area contributed by atoms with Crippen LogP contribution in [0.25, 0.3) is 0 Å². The molecular weight excluding hydrogens is 876 g/mol. The number of ether oxygens (including phenoxy) is 2. The van der Waals surface area contributed by atoms with Gasteiger partial charge in [-0.3, -0.25) is 0 Å².